The van der Waals surface area contributed by atoms with E-state index >= 15 is 0 Å². The first-order valence-electron chi connectivity index (χ1n) is 6.17. The minimum atomic E-state index is 0.665. The number of nitrogens with one attached hydrogen (secondary N) is 3. The van der Waals surface area contributed by atoms with Crippen LogP contribution in [0.4, 0.5) is 0 Å². The third-order valence-electron chi connectivity index (χ3n) is 2.44. The number of likely N-dealkylation sites (N-methyl/N-ethyl adjacent to an activating group) is 1. The highest BCUT2D eigenvalue weighted by molar-refractivity contribution is 7.84. The summed E-state index contributed by atoms with van der Waals surface area (Å²) in [6.07, 6.45) is 12.9. The molecule has 0 saturated heterocycles. The molecule has 0 radical (unpaired) electrons. The smallest absolute Gasteiger partial charge is 0.0704 e. The highest BCUT2D eigenvalue weighted by atomic mass is 32.1. The molecule has 1 rings (SSSR count). The van der Waals surface area contributed by atoms with Crippen LogP contribution < -0.4 is 16.1 Å². The average Bonchev–Trinajstić information content (AvgIpc) is 2.43. The van der Waals surface area contributed by atoms with Gasteiger partial charge in [-0.05, 0) is 23.8 Å². The molecule has 4 nitrogen and oxygen atoms in total. The topological polar surface area (TPSA) is 48.5 Å². The third-order valence-corrected chi connectivity index (χ3v) is 2.86. The standard InChI is InChI=1S/C15H20N4S/c1-4-15(20)14(16-3)6-5-8-17-13-10-12(2)7-9-18-19-11-13/h4-7,9-11,16-18,20H,1-2,8H2,3H3/b6-5-,9-7-,13-10?,15-14-,19-11?. The Bertz CT molecular complexity index is 510. The number of hydrazone groups is 1. The molecule has 0 atom stereocenters. The summed E-state index contributed by atoms with van der Waals surface area (Å²) >= 11 is 4.31. The maximum atomic E-state index is 4.31. The minimum absolute atomic E-state index is 0.665. The molecule has 106 valence electrons. The van der Waals surface area contributed by atoms with Crippen LogP contribution in [0.25, 0.3) is 0 Å². The van der Waals surface area contributed by atoms with Gasteiger partial charge in [0.1, 0.15) is 0 Å². The third kappa shape index (κ3) is 5.67. The molecule has 1 aliphatic heterocycles. The molecule has 0 fully saturated rings. The second-order valence-electron chi connectivity index (χ2n) is 3.93. The monoisotopic (exact) mass is 288 g/mol. The van der Waals surface area contributed by atoms with Gasteiger partial charge in [0.15, 0.2) is 0 Å². The molecule has 0 aromatic carbocycles. The van der Waals surface area contributed by atoms with E-state index in [4.69, 9.17) is 0 Å². The van der Waals surface area contributed by atoms with E-state index in [1.165, 1.54) is 0 Å². The zero-order valence-electron chi connectivity index (χ0n) is 11.6. The first-order valence-corrected chi connectivity index (χ1v) is 6.61. The largest absolute Gasteiger partial charge is 0.387 e. The van der Waals surface area contributed by atoms with Gasteiger partial charge < -0.3 is 10.6 Å². The lowest BCUT2D eigenvalue weighted by atomic mass is 10.2. The van der Waals surface area contributed by atoms with Crippen LogP contribution in [-0.4, -0.2) is 19.8 Å². The van der Waals surface area contributed by atoms with Crippen LogP contribution in [0.1, 0.15) is 0 Å². The predicted molar refractivity (Wildman–Crippen MR) is 90.4 cm³/mol. The Hall–Kier alpha value is -2.14. The molecule has 0 aromatic rings. The Balaban J connectivity index is 2.59. The van der Waals surface area contributed by atoms with Crippen molar-refractivity contribution in [1.29, 1.82) is 0 Å². The van der Waals surface area contributed by atoms with E-state index in [-0.39, 0.29) is 0 Å². The Kier molecular flexibility index (Phi) is 7.06. The molecule has 0 aliphatic carbocycles. The number of rotatable bonds is 6. The number of nitrogens with zero attached hydrogens (tertiary/aromatic N) is 1. The zero-order valence-corrected chi connectivity index (χ0v) is 12.5. The predicted octanol–water partition coefficient (Wildman–Crippen LogP) is 2.22. The van der Waals surface area contributed by atoms with Gasteiger partial charge in [0.05, 0.1) is 11.9 Å². The maximum absolute atomic E-state index is 4.31. The molecular weight excluding hydrogens is 268 g/mol. The second-order valence-corrected chi connectivity index (χ2v) is 4.41. The summed E-state index contributed by atoms with van der Waals surface area (Å²) in [6, 6.07) is 0. The van der Waals surface area contributed by atoms with Crippen molar-refractivity contribution < 1.29 is 0 Å². The molecule has 1 heterocycles. The van der Waals surface area contributed by atoms with Gasteiger partial charge in [0.25, 0.3) is 0 Å². The number of hydrogen-bond acceptors (Lipinski definition) is 5. The van der Waals surface area contributed by atoms with Gasteiger partial charge in [-0.2, -0.15) is 5.10 Å². The summed E-state index contributed by atoms with van der Waals surface area (Å²) < 4.78 is 0. The number of allylic oxidation sites excluding steroid dienone is 6. The van der Waals surface area contributed by atoms with Gasteiger partial charge in [-0.15, -0.1) is 12.6 Å². The molecule has 0 saturated carbocycles. The van der Waals surface area contributed by atoms with E-state index in [9.17, 15) is 0 Å². The van der Waals surface area contributed by atoms with E-state index < -0.39 is 0 Å². The molecule has 0 bridgehead atoms. The summed E-state index contributed by atoms with van der Waals surface area (Å²) in [7, 11) is 1.85. The lowest BCUT2D eigenvalue weighted by Gasteiger charge is -2.07. The summed E-state index contributed by atoms with van der Waals surface area (Å²) in [5.41, 5.74) is 5.48. The molecule has 5 heteroatoms. The van der Waals surface area contributed by atoms with Crippen molar-refractivity contribution in [2.24, 2.45) is 5.10 Å². The number of thiol groups is 1. The van der Waals surface area contributed by atoms with E-state index in [0.717, 1.165) is 21.9 Å². The first kappa shape index (κ1) is 15.9. The van der Waals surface area contributed by atoms with E-state index in [2.05, 4.69) is 46.9 Å². The van der Waals surface area contributed by atoms with Crippen molar-refractivity contribution in [3.05, 3.63) is 71.6 Å². The van der Waals surface area contributed by atoms with Crippen LogP contribution in [0.5, 0.6) is 0 Å². The Morgan fingerprint density at radius 3 is 3.05 bits per heavy atom. The Morgan fingerprint density at radius 2 is 2.35 bits per heavy atom. The molecule has 0 amide bonds. The number of hydrogen-bond donors (Lipinski definition) is 4. The van der Waals surface area contributed by atoms with Gasteiger partial charge in [0.2, 0.25) is 0 Å². The van der Waals surface area contributed by atoms with Crippen molar-refractivity contribution >= 4 is 18.8 Å². The molecule has 0 spiro atoms. The SMILES string of the molecule is C=C/C(S)=C(\C=C/CNC1=CC(=C)/C=C\NN=C1)NC. The summed E-state index contributed by atoms with van der Waals surface area (Å²) in [6.45, 7) is 8.26. The molecule has 0 unspecified atom stereocenters. The quantitative estimate of drug-likeness (QED) is 0.448. The minimum Gasteiger partial charge on any atom is -0.387 e. The molecule has 1 aliphatic rings. The fourth-order valence-electron chi connectivity index (χ4n) is 1.44. The zero-order chi connectivity index (χ0) is 14.8. The fraction of sp³-hybridized carbons (Fsp3) is 0.133. The van der Waals surface area contributed by atoms with Crippen LogP contribution >= 0.6 is 12.6 Å². The highest BCUT2D eigenvalue weighted by Gasteiger charge is 1.95. The molecule has 0 aromatic heterocycles. The fourth-order valence-corrected chi connectivity index (χ4v) is 1.62. The van der Waals surface area contributed by atoms with E-state index in [0.29, 0.717) is 6.54 Å². The van der Waals surface area contributed by atoms with Gasteiger partial charge in [-0.25, -0.2) is 0 Å². The van der Waals surface area contributed by atoms with Crippen molar-refractivity contribution in [3.8, 4) is 0 Å². The molecular formula is C15H20N4S. The first-order chi connectivity index (χ1) is 9.67. The highest BCUT2D eigenvalue weighted by Crippen LogP contribution is 2.08. The lowest BCUT2D eigenvalue weighted by molar-refractivity contribution is 0.923. The van der Waals surface area contributed by atoms with Gasteiger partial charge >= 0.3 is 0 Å². The van der Waals surface area contributed by atoms with Crippen LogP contribution in [0.15, 0.2) is 76.7 Å². The Labute approximate surface area is 125 Å². The second kappa shape index (κ2) is 8.87. The van der Waals surface area contributed by atoms with Crippen molar-refractivity contribution in [1.82, 2.24) is 16.1 Å². The van der Waals surface area contributed by atoms with Crippen LogP contribution in [-0.2, 0) is 0 Å². The van der Waals surface area contributed by atoms with E-state index in [1.54, 1.807) is 18.5 Å². The van der Waals surface area contributed by atoms with Crippen LogP contribution in [0.2, 0.25) is 0 Å². The molecule has 20 heavy (non-hydrogen) atoms. The normalized spacial score (nSPS) is 17.5. The van der Waals surface area contributed by atoms with Gasteiger partial charge in [-0.3, -0.25) is 5.43 Å². The average molecular weight is 288 g/mol. The van der Waals surface area contributed by atoms with Crippen molar-refractivity contribution in [2.75, 3.05) is 13.6 Å². The van der Waals surface area contributed by atoms with Crippen molar-refractivity contribution in [2.45, 2.75) is 0 Å². The van der Waals surface area contributed by atoms with Gasteiger partial charge in [0, 0.05) is 30.4 Å². The summed E-state index contributed by atoms with van der Waals surface area (Å²) in [5, 5.41) is 10.3. The van der Waals surface area contributed by atoms with Gasteiger partial charge in [-0.1, -0.05) is 25.3 Å². The summed E-state index contributed by atoms with van der Waals surface area (Å²) in [4.78, 5) is 0.804. The summed E-state index contributed by atoms with van der Waals surface area (Å²) in [5.74, 6) is 0. The maximum Gasteiger partial charge on any atom is 0.0704 e. The molecule has 3 N–H and O–H groups in total. The lowest BCUT2D eigenvalue weighted by Crippen LogP contribution is -2.16. The van der Waals surface area contributed by atoms with Crippen molar-refractivity contribution in [3.63, 3.8) is 0 Å². The van der Waals surface area contributed by atoms with E-state index in [1.807, 2.05) is 31.4 Å². The van der Waals surface area contributed by atoms with Crippen LogP contribution in [0.3, 0.4) is 0 Å². The van der Waals surface area contributed by atoms with Crippen LogP contribution in [0, 0.1) is 0 Å². The Morgan fingerprint density at radius 1 is 1.55 bits per heavy atom.